The van der Waals surface area contributed by atoms with E-state index in [0.717, 1.165) is 18.5 Å². The van der Waals surface area contributed by atoms with Crippen LogP contribution in [0, 0.1) is 0 Å². The van der Waals surface area contributed by atoms with Crippen molar-refractivity contribution in [1.29, 1.82) is 0 Å². The summed E-state index contributed by atoms with van der Waals surface area (Å²) in [5, 5.41) is 5.60. The van der Waals surface area contributed by atoms with E-state index in [0.29, 0.717) is 6.04 Å². The Labute approximate surface area is 100 Å². The van der Waals surface area contributed by atoms with Gasteiger partial charge in [0.2, 0.25) is 11.8 Å². The Morgan fingerprint density at radius 3 is 2.35 bits per heavy atom. The van der Waals surface area contributed by atoms with E-state index in [-0.39, 0.29) is 24.7 Å². The van der Waals surface area contributed by atoms with Crippen molar-refractivity contribution >= 4 is 17.5 Å². The number of hydrogen-bond acceptors (Lipinski definition) is 2. The average molecular weight is 232 g/mol. The number of para-hydroxylation sites is 1. The number of carbonyl (C=O) groups is 2. The van der Waals surface area contributed by atoms with Gasteiger partial charge in [-0.2, -0.15) is 0 Å². The minimum atomic E-state index is -0.123. The van der Waals surface area contributed by atoms with Crippen LogP contribution in [0.2, 0.25) is 0 Å². The first-order valence-corrected chi connectivity index (χ1v) is 5.88. The monoisotopic (exact) mass is 232 g/mol. The maximum absolute atomic E-state index is 11.5. The summed E-state index contributed by atoms with van der Waals surface area (Å²) in [6.07, 6.45) is 2.63. The van der Waals surface area contributed by atoms with Gasteiger partial charge in [0.25, 0.3) is 0 Å². The van der Waals surface area contributed by atoms with Crippen LogP contribution in [0.5, 0.6) is 0 Å². The molecule has 1 saturated carbocycles. The lowest BCUT2D eigenvalue weighted by atomic mass is 10.2. The van der Waals surface area contributed by atoms with Gasteiger partial charge in [-0.15, -0.1) is 0 Å². The fourth-order valence-electron chi connectivity index (χ4n) is 1.50. The predicted molar refractivity (Wildman–Crippen MR) is 65.5 cm³/mol. The molecule has 0 aliphatic heterocycles. The van der Waals surface area contributed by atoms with Crippen LogP contribution in [0.4, 0.5) is 5.69 Å². The van der Waals surface area contributed by atoms with Gasteiger partial charge in [-0.1, -0.05) is 18.2 Å². The molecule has 1 aromatic rings. The summed E-state index contributed by atoms with van der Waals surface area (Å²) in [6, 6.07) is 9.60. The average Bonchev–Trinajstić information content (AvgIpc) is 3.12. The van der Waals surface area contributed by atoms with Crippen molar-refractivity contribution in [1.82, 2.24) is 5.32 Å². The number of carbonyl (C=O) groups excluding carboxylic acids is 2. The quantitative estimate of drug-likeness (QED) is 0.811. The summed E-state index contributed by atoms with van der Waals surface area (Å²) in [4.78, 5) is 22.9. The summed E-state index contributed by atoms with van der Waals surface area (Å²) in [7, 11) is 0. The van der Waals surface area contributed by atoms with Crippen LogP contribution >= 0.6 is 0 Å². The van der Waals surface area contributed by atoms with Crippen molar-refractivity contribution in [3.8, 4) is 0 Å². The maximum atomic E-state index is 11.5. The number of nitrogens with one attached hydrogen (secondary N) is 2. The number of hydrogen-bond donors (Lipinski definition) is 2. The van der Waals surface area contributed by atoms with Crippen molar-refractivity contribution in [2.75, 3.05) is 5.32 Å². The highest BCUT2D eigenvalue weighted by Gasteiger charge is 2.23. The van der Waals surface area contributed by atoms with Gasteiger partial charge in [-0.3, -0.25) is 9.59 Å². The molecule has 90 valence electrons. The SMILES string of the molecule is O=C(CCC(=O)NC1CC1)Nc1ccccc1. The molecule has 0 unspecified atom stereocenters. The molecule has 0 spiro atoms. The van der Waals surface area contributed by atoms with Crippen LogP contribution in [-0.4, -0.2) is 17.9 Å². The van der Waals surface area contributed by atoms with Crippen molar-refractivity contribution < 1.29 is 9.59 Å². The molecule has 1 aliphatic carbocycles. The molecule has 2 rings (SSSR count). The second-order valence-electron chi connectivity index (χ2n) is 4.26. The first kappa shape index (κ1) is 11.6. The van der Waals surface area contributed by atoms with Gasteiger partial charge in [0, 0.05) is 24.6 Å². The highest BCUT2D eigenvalue weighted by molar-refractivity contribution is 5.93. The van der Waals surface area contributed by atoms with Gasteiger partial charge < -0.3 is 10.6 Å². The minimum Gasteiger partial charge on any atom is -0.353 e. The summed E-state index contributed by atoms with van der Waals surface area (Å²) >= 11 is 0. The zero-order chi connectivity index (χ0) is 12.1. The molecule has 0 saturated heterocycles. The van der Waals surface area contributed by atoms with Gasteiger partial charge in [-0.05, 0) is 25.0 Å². The molecule has 0 bridgehead atoms. The molecule has 0 radical (unpaired) electrons. The molecule has 4 heteroatoms. The van der Waals surface area contributed by atoms with Gasteiger partial charge in [0.15, 0.2) is 0 Å². The Morgan fingerprint density at radius 2 is 1.71 bits per heavy atom. The van der Waals surface area contributed by atoms with Crippen molar-refractivity contribution in [3.05, 3.63) is 30.3 Å². The van der Waals surface area contributed by atoms with Crippen LogP contribution in [-0.2, 0) is 9.59 Å². The predicted octanol–water partition coefficient (Wildman–Crippen LogP) is 1.68. The number of anilines is 1. The molecule has 0 atom stereocenters. The van der Waals surface area contributed by atoms with Crippen molar-refractivity contribution in [2.45, 2.75) is 31.7 Å². The topological polar surface area (TPSA) is 58.2 Å². The molecule has 1 aliphatic rings. The van der Waals surface area contributed by atoms with E-state index < -0.39 is 0 Å². The molecule has 2 N–H and O–H groups in total. The second kappa shape index (κ2) is 5.48. The summed E-state index contributed by atoms with van der Waals surface area (Å²) in [5.74, 6) is -0.155. The van der Waals surface area contributed by atoms with E-state index in [4.69, 9.17) is 0 Å². The number of amides is 2. The van der Waals surface area contributed by atoms with Gasteiger partial charge in [0.1, 0.15) is 0 Å². The van der Waals surface area contributed by atoms with E-state index >= 15 is 0 Å². The lowest BCUT2D eigenvalue weighted by molar-refractivity contribution is -0.124. The van der Waals surface area contributed by atoms with Gasteiger partial charge in [-0.25, -0.2) is 0 Å². The molecule has 17 heavy (non-hydrogen) atoms. The molecule has 2 amide bonds. The van der Waals surface area contributed by atoms with Crippen LogP contribution < -0.4 is 10.6 Å². The zero-order valence-electron chi connectivity index (χ0n) is 9.61. The summed E-state index contributed by atoms with van der Waals surface area (Å²) < 4.78 is 0. The Kier molecular flexibility index (Phi) is 3.75. The number of rotatable bonds is 5. The minimum absolute atomic E-state index is 0.0317. The highest BCUT2D eigenvalue weighted by atomic mass is 16.2. The largest absolute Gasteiger partial charge is 0.353 e. The second-order valence-corrected chi connectivity index (χ2v) is 4.26. The smallest absolute Gasteiger partial charge is 0.224 e. The van der Waals surface area contributed by atoms with E-state index in [1.54, 1.807) is 0 Å². The van der Waals surface area contributed by atoms with E-state index in [2.05, 4.69) is 10.6 Å². The molecule has 4 nitrogen and oxygen atoms in total. The van der Waals surface area contributed by atoms with Crippen LogP contribution in [0.15, 0.2) is 30.3 Å². The standard InChI is InChI=1S/C13H16N2O2/c16-12(14-10-4-2-1-3-5-10)8-9-13(17)15-11-6-7-11/h1-5,11H,6-9H2,(H,14,16)(H,15,17). The molecule has 0 heterocycles. The van der Waals surface area contributed by atoms with Crippen molar-refractivity contribution in [3.63, 3.8) is 0 Å². The molecule has 0 aromatic heterocycles. The Balaban J connectivity index is 1.68. The molecule has 1 aromatic carbocycles. The van der Waals surface area contributed by atoms with E-state index in [9.17, 15) is 9.59 Å². The fraction of sp³-hybridized carbons (Fsp3) is 0.385. The number of benzene rings is 1. The third-order valence-electron chi connectivity index (χ3n) is 2.58. The lowest BCUT2D eigenvalue weighted by Crippen LogP contribution is -2.26. The Morgan fingerprint density at radius 1 is 1.06 bits per heavy atom. The van der Waals surface area contributed by atoms with E-state index in [1.165, 1.54) is 0 Å². The highest BCUT2D eigenvalue weighted by Crippen LogP contribution is 2.18. The first-order valence-electron chi connectivity index (χ1n) is 5.88. The van der Waals surface area contributed by atoms with Crippen molar-refractivity contribution in [2.24, 2.45) is 0 Å². The normalized spacial score (nSPS) is 14.1. The zero-order valence-corrected chi connectivity index (χ0v) is 9.61. The first-order chi connectivity index (χ1) is 8.24. The van der Waals surface area contributed by atoms with Gasteiger partial charge in [0.05, 0.1) is 0 Å². The fourth-order valence-corrected chi connectivity index (χ4v) is 1.50. The summed E-state index contributed by atoms with van der Waals surface area (Å²) in [5.41, 5.74) is 0.764. The third-order valence-corrected chi connectivity index (χ3v) is 2.58. The van der Waals surface area contributed by atoms with Crippen LogP contribution in [0.25, 0.3) is 0 Å². The summed E-state index contributed by atoms with van der Waals surface area (Å²) in [6.45, 7) is 0. The lowest BCUT2D eigenvalue weighted by Gasteiger charge is -2.05. The molecular formula is C13H16N2O2. The molecule has 1 fully saturated rings. The Hall–Kier alpha value is -1.84. The third kappa shape index (κ3) is 4.26. The van der Waals surface area contributed by atoms with Crippen LogP contribution in [0.3, 0.4) is 0 Å². The molecular weight excluding hydrogens is 216 g/mol. The maximum Gasteiger partial charge on any atom is 0.224 e. The van der Waals surface area contributed by atoms with E-state index in [1.807, 2.05) is 30.3 Å². The Bertz CT molecular complexity index is 399. The van der Waals surface area contributed by atoms with Gasteiger partial charge >= 0.3 is 0 Å². The van der Waals surface area contributed by atoms with Crippen LogP contribution in [0.1, 0.15) is 25.7 Å².